The molecule has 1 aromatic heterocycles. The van der Waals surface area contributed by atoms with E-state index in [-0.39, 0.29) is 5.91 Å². The van der Waals surface area contributed by atoms with Crippen LogP contribution in [0.2, 0.25) is 0 Å². The highest BCUT2D eigenvalue weighted by Crippen LogP contribution is 2.31. The molecule has 0 N–H and O–H groups in total. The number of benzene rings is 2. The zero-order chi connectivity index (χ0) is 17.8. The van der Waals surface area contributed by atoms with E-state index in [2.05, 4.69) is 22.1 Å². The Bertz CT molecular complexity index is 884. The Kier molecular flexibility index (Phi) is 4.60. The number of aromatic nitrogens is 2. The summed E-state index contributed by atoms with van der Waals surface area (Å²) in [7, 11) is 0. The Labute approximate surface area is 152 Å². The minimum atomic E-state index is -0.0581. The van der Waals surface area contributed by atoms with Gasteiger partial charge in [0.25, 0.3) is 5.91 Å². The highest BCUT2D eigenvalue weighted by atomic mass is 16.5. The highest BCUT2D eigenvalue weighted by molar-refractivity contribution is 5.92. The smallest absolute Gasteiger partial charge is 0.274 e. The second kappa shape index (κ2) is 7.35. The van der Waals surface area contributed by atoms with Crippen molar-refractivity contribution in [2.75, 3.05) is 13.1 Å². The van der Waals surface area contributed by atoms with Gasteiger partial charge in [-0.2, -0.15) is 0 Å². The van der Waals surface area contributed by atoms with Crippen LogP contribution in [-0.2, 0) is 0 Å². The van der Waals surface area contributed by atoms with Crippen LogP contribution in [0.5, 0.6) is 11.5 Å². The van der Waals surface area contributed by atoms with Crippen molar-refractivity contribution in [2.24, 2.45) is 0 Å². The standard InChI is InChI=1S/C21H19N3O2/c25-21(20-14-22-10-11-23-20)24-12-9-17(15-24)16-5-4-8-19(13-16)26-18-6-2-1-3-7-18/h1-8,10-11,13-14,17H,9,12,15H2. The van der Waals surface area contributed by atoms with Crippen molar-refractivity contribution in [3.63, 3.8) is 0 Å². The molecule has 1 saturated heterocycles. The summed E-state index contributed by atoms with van der Waals surface area (Å²) in [5.74, 6) is 1.87. The molecule has 2 heterocycles. The summed E-state index contributed by atoms with van der Waals surface area (Å²) in [6.07, 6.45) is 5.57. The van der Waals surface area contributed by atoms with Crippen LogP contribution in [0.1, 0.15) is 28.4 Å². The van der Waals surface area contributed by atoms with Crippen molar-refractivity contribution in [3.05, 3.63) is 84.4 Å². The molecule has 0 bridgehead atoms. The minimum Gasteiger partial charge on any atom is -0.457 e. The van der Waals surface area contributed by atoms with Gasteiger partial charge in [-0.15, -0.1) is 0 Å². The average molecular weight is 345 g/mol. The molecule has 1 aliphatic rings. The minimum absolute atomic E-state index is 0.0581. The molecule has 1 aliphatic heterocycles. The molecule has 130 valence electrons. The first-order chi connectivity index (χ1) is 12.8. The fourth-order valence-corrected chi connectivity index (χ4v) is 3.24. The lowest BCUT2D eigenvalue weighted by Gasteiger charge is -2.16. The second-order valence-electron chi connectivity index (χ2n) is 6.32. The van der Waals surface area contributed by atoms with Gasteiger partial charge in [-0.3, -0.25) is 9.78 Å². The van der Waals surface area contributed by atoms with Gasteiger partial charge in [0, 0.05) is 31.4 Å². The van der Waals surface area contributed by atoms with Gasteiger partial charge in [0.15, 0.2) is 0 Å². The van der Waals surface area contributed by atoms with Crippen molar-refractivity contribution in [1.82, 2.24) is 14.9 Å². The predicted octanol–water partition coefficient (Wildman–Crippen LogP) is 3.90. The number of carbonyl (C=O) groups excluding carboxylic acids is 1. The number of nitrogens with zero attached hydrogens (tertiary/aromatic N) is 3. The van der Waals surface area contributed by atoms with Crippen molar-refractivity contribution in [3.8, 4) is 11.5 Å². The maximum Gasteiger partial charge on any atom is 0.274 e. The van der Waals surface area contributed by atoms with E-state index >= 15 is 0 Å². The molecule has 1 amide bonds. The number of rotatable bonds is 4. The summed E-state index contributed by atoms with van der Waals surface area (Å²) in [6, 6.07) is 17.8. The first kappa shape index (κ1) is 16.3. The van der Waals surface area contributed by atoms with Crippen molar-refractivity contribution < 1.29 is 9.53 Å². The van der Waals surface area contributed by atoms with E-state index in [0.717, 1.165) is 24.5 Å². The molecule has 5 nitrogen and oxygen atoms in total. The summed E-state index contributed by atoms with van der Waals surface area (Å²) in [6.45, 7) is 1.41. The van der Waals surface area contributed by atoms with E-state index in [1.54, 1.807) is 12.4 Å². The fourth-order valence-electron chi connectivity index (χ4n) is 3.24. The Hall–Kier alpha value is -3.21. The molecular weight excluding hydrogens is 326 g/mol. The summed E-state index contributed by atoms with van der Waals surface area (Å²) < 4.78 is 5.92. The van der Waals surface area contributed by atoms with Gasteiger partial charge in [0.2, 0.25) is 0 Å². The lowest BCUT2D eigenvalue weighted by molar-refractivity contribution is 0.0784. The Morgan fingerprint density at radius 3 is 2.69 bits per heavy atom. The first-order valence-electron chi connectivity index (χ1n) is 8.68. The molecule has 26 heavy (non-hydrogen) atoms. The maximum absolute atomic E-state index is 12.5. The van der Waals surface area contributed by atoms with Gasteiger partial charge < -0.3 is 9.64 Å². The number of para-hydroxylation sites is 1. The number of hydrogen-bond acceptors (Lipinski definition) is 4. The molecular formula is C21H19N3O2. The quantitative estimate of drug-likeness (QED) is 0.720. The van der Waals surface area contributed by atoms with Crippen LogP contribution in [-0.4, -0.2) is 33.9 Å². The van der Waals surface area contributed by atoms with E-state index < -0.39 is 0 Å². The molecule has 1 fully saturated rings. The molecule has 1 unspecified atom stereocenters. The lowest BCUT2D eigenvalue weighted by Crippen LogP contribution is -2.29. The van der Waals surface area contributed by atoms with Crippen LogP contribution in [0.4, 0.5) is 0 Å². The SMILES string of the molecule is O=C(c1cnccn1)N1CCC(c2cccc(Oc3ccccc3)c2)C1. The summed E-state index contributed by atoms with van der Waals surface area (Å²) >= 11 is 0. The number of ether oxygens (including phenoxy) is 1. The number of likely N-dealkylation sites (tertiary alicyclic amines) is 1. The Morgan fingerprint density at radius 1 is 1.04 bits per heavy atom. The molecule has 2 aromatic carbocycles. The first-order valence-corrected chi connectivity index (χ1v) is 8.68. The molecule has 0 radical (unpaired) electrons. The van der Waals surface area contributed by atoms with E-state index in [0.29, 0.717) is 18.2 Å². The van der Waals surface area contributed by atoms with Crippen molar-refractivity contribution in [1.29, 1.82) is 0 Å². The second-order valence-corrected chi connectivity index (χ2v) is 6.32. The van der Waals surface area contributed by atoms with Gasteiger partial charge in [0.05, 0.1) is 6.20 Å². The van der Waals surface area contributed by atoms with Gasteiger partial charge in [0.1, 0.15) is 17.2 Å². The molecule has 1 atom stereocenters. The topological polar surface area (TPSA) is 55.3 Å². The zero-order valence-electron chi connectivity index (χ0n) is 14.3. The summed E-state index contributed by atoms with van der Waals surface area (Å²) in [5, 5.41) is 0. The van der Waals surface area contributed by atoms with Crippen LogP contribution in [0, 0.1) is 0 Å². The van der Waals surface area contributed by atoms with Gasteiger partial charge in [-0.1, -0.05) is 30.3 Å². The number of hydrogen-bond donors (Lipinski definition) is 0. The van der Waals surface area contributed by atoms with Crippen LogP contribution < -0.4 is 4.74 Å². The zero-order valence-corrected chi connectivity index (χ0v) is 14.3. The van der Waals surface area contributed by atoms with Crippen LogP contribution in [0.25, 0.3) is 0 Å². The number of carbonyl (C=O) groups is 1. The molecule has 0 spiro atoms. The third kappa shape index (κ3) is 3.57. The van der Waals surface area contributed by atoms with E-state index in [1.165, 1.54) is 11.8 Å². The molecule has 4 rings (SSSR count). The van der Waals surface area contributed by atoms with Crippen LogP contribution >= 0.6 is 0 Å². The summed E-state index contributed by atoms with van der Waals surface area (Å²) in [5.41, 5.74) is 1.59. The normalized spacial score (nSPS) is 16.5. The third-order valence-corrected chi connectivity index (χ3v) is 4.57. The van der Waals surface area contributed by atoms with E-state index in [9.17, 15) is 4.79 Å². The highest BCUT2D eigenvalue weighted by Gasteiger charge is 2.28. The molecule has 0 saturated carbocycles. The van der Waals surface area contributed by atoms with Crippen LogP contribution in [0.3, 0.4) is 0 Å². The summed E-state index contributed by atoms with van der Waals surface area (Å²) in [4.78, 5) is 22.5. The fraction of sp³-hybridized carbons (Fsp3) is 0.190. The van der Waals surface area contributed by atoms with Crippen molar-refractivity contribution in [2.45, 2.75) is 12.3 Å². The van der Waals surface area contributed by atoms with Gasteiger partial charge in [-0.25, -0.2) is 4.98 Å². The Morgan fingerprint density at radius 2 is 1.88 bits per heavy atom. The predicted molar refractivity (Wildman–Crippen MR) is 98.3 cm³/mol. The third-order valence-electron chi connectivity index (χ3n) is 4.57. The lowest BCUT2D eigenvalue weighted by atomic mass is 9.98. The van der Waals surface area contributed by atoms with Gasteiger partial charge in [-0.05, 0) is 36.2 Å². The largest absolute Gasteiger partial charge is 0.457 e. The molecule has 0 aliphatic carbocycles. The molecule has 3 aromatic rings. The van der Waals surface area contributed by atoms with E-state index in [4.69, 9.17) is 4.74 Å². The van der Waals surface area contributed by atoms with Crippen molar-refractivity contribution >= 4 is 5.91 Å². The van der Waals surface area contributed by atoms with Crippen LogP contribution in [0.15, 0.2) is 73.2 Å². The van der Waals surface area contributed by atoms with Gasteiger partial charge >= 0.3 is 0 Å². The van der Waals surface area contributed by atoms with E-state index in [1.807, 2.05) is 47.4 Å². The monoisotopic (exact) mass is 345 g/mol. The maximum atomic E-state index is 12.5. The molecule has 5 heteroatoms. The average Bonchev–Trinajstić information content (AvgIpc) is 3.19. The number of amides is 1. The Balaban J connectivity index is 1.45.